The molecule has 0 aromatic carbocycles. The Balaban J connectivity index is 1.97. The number of nitrogens with zero attached hydrogens (tertiary/aromatic N) is 1. The van der Waals surface area contributed by atoms with E-state index in [1.807, 2.05) is 6.92 Å². The highest BCUT2D eigenvalue weighted by Gasteiger charge is 2.28. The Hall–Kier alpha value is -1.67. The first-order valence-corrected chi connectivity index (χ1v) is 12.1. The summed E-state index contributed by atoms with van der Waals surface area (Å²) in [7, 11) is 1.80. The molecule has 2 rings (SSSR count). The van der Waals surface area contributed by atoms with Crippen LogP contribution < -0.4 is 10.8 Å². The normalized spacial score (nSPS) is 27.3. The van der Waals surface area contributed by atoms with Crippen LogP contribution in [0.1, 0.15) is 90.4 Å². The summed E-state index contributed by atoms with van der Waals surface area (Å²) >= 11 is 0. The van der Waals surface area contributed by atoms with E-state index in [1.165, 1.54) is 0 Å². The van der Waals surface area contributed by atoms with Crippen LogP contribution in [0.4, 0.5) is 0 Å². The number of carbonyl (C=O) groups is 3. The van der Waals surface area contributed by atoms with Crippen molar-refractivity contribution in [3.8, 4) is 0 Å². The van der Waals surface area contributed by atoms with Crippen LogP contribution in [0, 0.1) is 5.92 Å². The number of hydrogen-bond donors (Lipinski definition) is 2. The van der Waals surface area contributed by atoms with Gasteiger partial charge in [0.25, 0.3) is 0 Å². The number of amides is 3. The van der Waals surface area contributed by atoms with Crippen molar-refractivity contribution >= 4 is 17.7 Å². The second kappa shape index (κ2) is 14.4. The number of likely N-dealkylation sites (N-methyl/N-ethyl adjacent to an activating group) is 1. The lowest BCUT2D eigenvalue weighted by Gasteiger charge is -2.27. The lowest BCUT2D eigenvalue weighted by molar-refractivity contribution is -0.200. The molecule has 3 amide bonds. The van der Waals surface area contributed by atoms with Gasteiger partial charge in [-0.1, -0.05) is 45.4 Å². The van der Waals surface area contributed by atoms with Crippen molar-refractivity contribution < 1.29 is 24.0 Å². The molecule has 8 heteroatoms. The summed E-state index contributed by atoms with van der Waals surface area (Å²) in [4.78, 5) is 45.4. The molecule has 2 heterocycles. The molecule has 2 unspecified atom stereocenters. The molecule has 8 nitrogen and oxygen atoms in total. The van der Waals surface area contributed by atoms with E-state index in [9.17, 15) is 14.4 Å². The first kappa shape index (κ1) is 25.6. The van der Waals surface area contributed by atoms with Gasteiger partial charge >= 0.3 is 0 Å². The molecule has 0 spiro atoms. The minimum Gasteiger partial charge on any atom is -0.350 e. The number of rotatable bonds is 6. The van der Waals surface area contributed by atoms with Crippen LogP contribution in [0.15, 0.2) is 0 Å². The minimum absolute atomic E-state index is 0.0431. The maximum atomic E-state index is 13.0. The molecular formula is C23H41N3O5. The van der Waals surface area contributed by atoms with Gasteiger partial charge in [-0.2, -0.15) is 0 Å². The summed E-state index contributed by atoms with van der Waals surface area (Å²) in [5.74, 6) is -1.07. The molecule has 0 aromatic heterocycles. The van der Waals surface area contributed by atoms with E-state index in [0.29, 0.717) is 26.0 Å². The molecule has 3 atom stereocenters. The molecule has 0 aliphatic carbocycles. The third-order valence-electron chi connectivity index (χ3n) is 6.11. The molecule has 31 heavy (non-hydrogen) atoms. The summed E-state index contributed by atoms with van der Waals surface area (Å²) in [6.45, 7) is 3.34. The first-order chi connectivity index (χ1) is 15.0. The standard InChI is InChI=1S/C23H41N3O5/c1-3-12-19-23(29)26(2)15-10-7-5-4-6-8-13-18(22(28)24-19)17-20(27)25-31-21-14-9-11-16-30-21/h18-19,21H,3-17H2,1-2H3,(H,24,28)(H,25,27)/t18?,19?,21-/m0/s1. The summed E-state index contributed by atoms with van der Waals surface area (Å²) in [6, 6.07) is -0.539. The fourth-order valence-electron chi connectivity index (χ4n) is 4.19. The first-order valence-electron chi connectivity index (χ1n) is 12.1. The molecule has 0 saturated carbocycles. The molecule has 2 aliphatic heterocycles. The van der Waals surface area contributed by atoms with Crippen LogP contribution in [0.3, 0.4) is 0 Å². The van der Waals surface area contributed by atoms with Gasteiger partial charge in [0, 0.05) is 39.0 Å². The summed E-state index contributed by atoms with van der Waals surface area (Å²) in [5, 5.41) is 2.94. The zero-order valence-corrected chi connectivity index (χ0v) is 19.3. The van der Waals surface area contributed by atoms with Gasteiger partial charge in [0.05, 0.1) is 0 Å². The number of ether oxygens (including phenoxy) is 1. The van der Waals surface area contributed by atoms with Gasteiger partial charge in [-0.25, -0.2) is 10.3 Å². The topological polar surface area (TPSA) is 97.0 Å². The monoisotopic (exact) mass is 439 g/mol. The lowest BCUT2D eigenvalue weighted by Crippen LogP contribution is -2.49. The Labute approximate surface area is 186 Å². The van der Waals surface area contributed by atoms with Crippen LogP contribution >= 0.6 is 0 Å². The average molecular weight is 440 g/mol. The maximum absolute atomic E-state index is 13.0. The summed E-state index contributed by atoms with van der Waals surface area (Å²) in [6.07, 6.45) is 10.7. The van der Waals surface area contributed by atoms with Crippen molar-refractivity contribution in [1.82, 2.24) is 15.7 Å². The molecule has 2 aliphatic rings. The molecular weight excluding hydrogens is 398 g/mol. The minimum atomic E-state index is -0.539. The van der Waals surface area contributed by atoms with Crippen molar-refractivity contribution in [1.29, 1.82) is 0 Å². The predicted molar refractivity (Wildman–Crippen MR) is 118 cm³/mol. The van der Waals surface area contributed by atoms with Gasteiger partial charge in [0.15, 0.2) is 6.29 Å². The fourth-order valence-corrected chi connectivity index (χ4v) is 4.19. The maximum Gasteiger partial charge on any atom is 0.244 e. The Morgan fingerprint density at radius 2 is 1.81 bits per heavy atom. The molecule has 0 aromatic rings. The van der Waals surface area contributed by atoms with E-state index in [-0.39, 0.29) is 24.1 Å². The van der Waals surface area contributed by atoms with Gasteiger partial charge in [0.1, 0.15) is 6.04 Å². The van der Waals surface area contributed by atoms with Crippen molar-refractivity contribution in [2.75, 3.05) is 20.2 Å². The molecule has 0 bridgehead atoms. The van der Waals surface area contributed by atoms with Crippen LogP contribution in [0.25, 0.3) is 0 Å². The second-order valence-corrected chi connectivity index (χ2v) is 8.86. The Bertz CT molecular complexity index is 565. The largest absolute Gasteiger partial charge is 0.350 e. The van der Waals surface area contributed by atoms with Crippen LogP contribution in [-0.2, 0) is 24.0 Å². The van der Waals surface area contributed by atoms with Crippen LogP contribution in [-0.4, -0.2) is 55.2 Å². The molecule has 2 N–H and O–H groups in total. The fraction of sp³-hybridized carbons (Fsp3) is 0.870. The van der Waals surface area contributed by atoms with E-state index in [1.54, 1.807) is 11.9 Å². The van der Waals surface area contributed by atoms with Crippen molar-refractivity contribution in [2.45, 2.75) is 103 Å². The summed E-state index contributed by atoms with van der Waals surface area (Å²) in [5.41, 5.74) is 2.46. The SMILES string of the molecule is CCCC1NC(=O)C(CC(=O)NO[C@H]2CCCCO2)CCCCCCCCN(C)C1=O. The van der Waals surface area contributed by atoms with E-state index < -0.39 is 18.2 Å². The molecule has 0 radical (unpaired) electrons. The summed E-state index contributed by atoms with van der Waals surface area (Å²) < 4.78 is 5.46. The Morgan fingerprint density at radius 1 is 1.10 bits per heavy atom. The molecule has 2 fully saturated rings. The van der Waals surface area contributed by atoms with Gasteiger partial charge in [-0.15, -0.1) is 0 Å². The van der Waals surface area contributed by atoms with Gasteiger partial charge < -0.3 is 15.0 Å². The van der Waals surface area contributed by atoms with Gasteiger partial charge in [-0.3, -0.25) is 14.4 Å². The van der Waals surface area contributed by atoms with E-state index >= 15 is 0 Å². The lowest BCUT2D eigenvalue weighted by atomic mass is 9.95. The number of nitrogens with one attached hydrogen (secondary N) is 2. The van der Waals surface area contributed by atoms with Crippen LogP contribution in [0.2, 0.25) is 0 Å². The van der Waals surface area contributed by atoms with E-state index in [4.69, 9.17) is 9.57 Å². The third-order valence-corrected chi connectivity index (χ3v) is 6.11. The van der Waals surface area contributed by atoms with Crippen molar-refractivity contribution in [3.05, 3.63) is 0 Å². The van der Waals surface area contributed by atoms with E-state index in [2.05, 4.69) is 10.8 Å². The zero-order valence-electron chi connectivity index (χ0n) is 19.3. The highest BCUT2D eigenvalue weighted by Crippen LogP contribution is 2.18. The zero-order chi connectivity index (χ0) is 22.5. The average Bonchev–Trinajstić information content (AvgIpc) is 2.77. The second-order valence-electron chi connectivity index (χ2n) is 8.86. The quantitative estimate of drug-likeness (QED) is 0.620. The highest BCUT2D eigenvalue weighted by molar-refractivity contribution is 5.90. The number of hydroxylamine groups is 1. The van der Waals surface area contributed by atoms with Crippen LogP contribution in [0.5, 0.6) is 0 Å². The Kier molecular flexibility index (Phi) is 11.9. The van der Waals surface area contributed by atoms with Crippen molar-refractivity contribution in [3.63, 3.8) is 0 Å². The smallest absolute Gasteiger partial charge is 0.244 e. The van der Waals surface area contributed by atoms with Gasteiger partial charge in [0.2, 0.25) is 17.7 Å². The number of hydrogen-bond acceptors (Lipinski definition) is 5. The molecule has 2 saturated heterocycles. The highest BCUT2D eigenvalue weighted by atomic mass is 16.8. The van der Waals surface area contributed by atoms with Gasteiger partial charge in [-0.05, 0) is 32.1 Å². The predicted octanol–water partition coefficient (Wildman–Crippen LogP) is 3.05. The Morgan fingerprint density at radius 3 is 2.52 bits per heavy atom. The van der Waals surface area contributed by atoms with Crippen molar-refractivity contribution in [2.24, 2.45) is 5.92 Å². The van der Waals surface area contributed by atoms with E-state index in [0.717, 1.165) is 64.2 Å². The number of carbonyl (C=O) groups excluding carboxylic acids is 3. The molecule has 178 valence electrons. The third kappa shape index (κ3) is 9.56.